The number of nitrogens with one attached hydrogen (secondary N) is 1. The summed E-state index contributed by atoms with van der Waals surface area (Å²) in [6, 6.07) is 6.65. The van der Waals surface area contributed by atoms with E-state index in [4.69, 9.17) is 4.74 Å². The van der Waals surface area contributed by atoms with Gasteiger partial charge in [0.25, 0.3) is 5.91 Å². The van der Waals surface area contributed by atoms with Gasteiger partial charge >= 0.3 is 0 Å². The quantitative estimate of drug-likeness (QED) is 0.879. The molecule has 1 aliphatic heterocycles. The number of benzene rings is 1. The molecule has 0 aliphatic carbocycles. The van der Waals surface area contributed by atoms with Crippen LogP contribution in [0.1, 0.15) is 50.6 Å². The molecule has 0 saturated carbocycles. The Bertz CT molecular complexity index is 745. The third-order valence-corrected chi connectivity index (χ3v) is 4.45. The van der Waals surface area contributed by atoms with Gasteiger partial charge in [-0.05, 0) is 32.9 Å². The molecule has 1 aliphatic rings. The van der Waals surface area contributed by atoms with E-state index in [1.54, 1.807) is 24.3 Å². The van der Waals surface area contributed by atoms with Crippen molar-refractivity contribution in [3.63, 3.8) is 0 Å². The lowest BCUT2D eigenvalue weighted by Gasteiger charge is -2.36. The van der Waals surface area contributed by atoms with Crippen molar-refractivity contribution < 1.29 is 14.3 Å². The van der Waals surface area contributed by atoms with Gasteiger partial charge in [-0.3, -0.25) is 14.7 Å². The van der Waals surface area contributed by atoms with Gasteiger partial charge in [-0.15, -0.1) is 0 Å². The van der Waals surface area contributed by atoms with E-state index in [-0.39, 0.29) is 17.7 Å². The fourth-order valence-electron chi connectivity index (χ4n) is 3.15. The first-order valence-corrected chi connectivity index (χ1v) is 8.00. The summed E-state index contributed by atoms with van der Waals surface area (Å²) in [4.78, 5) is 26.2. The fraction of sp³-hybridized carbons (Fsp3) is 0.389. The minimum atomic E-state index is -0.155. The van der Waals surface area contributed by atoms with E-state index in [2.05, 4.69) is 10.2 Å². The number of morpholine rings is 1. The van der Waals surface area contributed by atoms with Crippen LogP contribution in [0.4, 0.5) is 0 Å². The van der Waals surface area contributed by atoms with Crippen molar-refractivity contribution in [1.82, 2.24) is 15.1 Å². The van der Waals surface area contributed by atoms with E-state index >= 15 is 0 Å². The van der Waals surface area contributed by atoms with Crippen LogP contribution in [0.2, 0.25) is 0 Å². The van der Waals surface area contributed by atoms with E-state index in [1.165, 1.54) is 6.92 Å². The second-order valence-electron chi connectivity index (χ2n) is 6.07. The number of carbonyl (C=O) groups excluding carboxylic acids is 2. The van der Waals surface area contributed by atoms with Crippen molar-refractivity contribution >= 4 is 11.7 Å². The second-order valence-corrected chi connectivity index (χ2v) is 6.07. The molecule has 0 radical (unpaired) electrons. The van der Waals surface area contributed by atoms with Crippen LogP contribution < -0.4 is 0 Å². The zero-order valence-electron chi connectivity index (χ0n) is 14.1. The molecular formula is C18H21N3O3. The molecule has 1 aromatic carbocycles. The number of aromatic nitrogens is 2. The number of amides is 1. The lowest BCUT2D eigenvalue weighted by molar-refractivity contribution is -0.00301. The molecule has 1 saturated heterocycles. The standard InChI is InChI=1S/C18H21N3O3/c1-11-17(12(2)20-19-11)16-10-24-9-8-21(16)18(23)15-6-4-14(5-7-15)13(3)22/h4-7,16H,8-10H2,1-3H3,(H,19,20)/t16-/m1/s1. The van der Waals surface area contributed by atoms with Crippen molar-refractivity contribution in [1.29, 1.82) is 0 Å². The summed E-state index contributed by atoms with van der Waals surface area (Å²) in [7, 11) is 0. The average molecular weight is 327 g/mol. The summed E-state index contributed by atoms with van der Waals surface area (Å²) in [5, 5.41) is 7.21. The van der Waals surface area contributed by atoms with Crippen LogP contribution in [0.5, 0.6) is 0 Å². The zero-order chi connectivity index (χ0) is 17.3. The van der Waals surface area contributed by atoms with Gasteiger partial charge in [0.15, 0.2) is 5.78 Å². The Hall–Kier alpha value is -2.47. The molecule has 3 rings (SSSR count). The SMILES string of the molecule is CC(=O)c1ccc(C(=O)N2CCOC[C@@H]2c2c(C)n[nH]c2C)cc1. The Kier molecular flexibility index (Phi) is 4.49. The summed E-state index contributed by atoms with van der Waals surface area (Å²) in [6.45, 7) is 6.90. The maximum Gasteiger partial charge on any atom is 0.254 e. The maximum atomic E-state index is 13.0. The van der Waals surface area contributed by atoms with Gasteiger partial charge in [0, 0.05) is 28.9 Å². The molecule has 0 spiro atoms. The highest BCUT2D eigenvalue weighted by atomic mass is 16.5. The molecule has 1 fully saturated rings. The Morgan fingerprint density at radius 2 is 1.88 bits per heavy atom. The van der Waals surface area contributed by atoms with Gasteiger partial charge in [-0.1, -0.05) is 12.1 Å². The van der Waals surface area contributed by atoms with Crippen LogP contribution in [-0.2, 0) is 4.74 Å². The molecule has 1 amide bonds. The Labute approximate surface area is 140 Å². The van der Waals surface area contributed by atoms with Gasteiger partial charge in [0.2, 0.25) is 0 Å². The number of ether oxygens (including phenoxy) is 1. The fourth-order valence-corrected chi connectivity index (χ4v) is 3.15. The number of hydrogen-bond acceptors (Lipinski definition) is 4. The molecule has 0 bridgehead atoms. The number of carbonyl (C=O) groups is 2. The molecule has 1 atom stereocenters. The zero-order valence-corrected chi connectivity index (χ0v) is 14.1. The van der Waals surface area contributed by atoms with Gasteiger partial charge in [-0.2, -0.15) is 5.10 Å². The Morgan fingerprint density at radius 1 is 1.21 bits per heavy atom. The number of aromatic amines is 1. The summed E-state index contributed by atoms with van der Waals surface area (Å²) >= 11 is 0. The van der Waals surface area contributed by atoms with E-state index in [0.717, 1.165) is 17.0 Å². The highest BCUT2D eigenvalue weighted by Crippen LogP contribution is 2.29. The highest BCUT2D eigenvalue weighted by Gasteiger charge is 2.32. The van der Waals surface area contributed by atoms with Crippen LogP contribution in [0.3, 0.4) is 0 Å². The van der Waals surface area contributed by atoms with Gasteiger partial charge in [-0.25, -0.2) is 0 Å². The lowest BCUT2D eigenvalue weighted by atomic mass is 10.0. The normalized spacial score (nSPS) is 17.8. The Morgan fingerprint density at radius 3 is 2.46 bits per heavy atom. The van der Waals surface area contributed by atoms with E-state index in [1.807, 2.05) is 18.7 Å². The molecule has 6 heteroatoms. The molecule has 24 heavy (non-hydrogen) atoms. The molecular weight excluding hydrogens is 306 g/mol. The van der Waals surface area contributed by atoms with Gasteiger partial charge in [0.1, 0.15) is 0 Å². The number of rotatable bonds is 3. The van der Waals surface area contributed by atoms with Crippen LogP contribution in [0.25, 0.3) is 0 Å². The van der Waals surface area contributed by atoms with Crippen LogP contribution >= 0.6 is 0 Å². The number of aryl methyl sites for hydroxylation is 2. The molecule has 2 heterocycles. The van der Waals surface area contributed by atoms with Crippen molar-refractivity contribution in [3.8, 4) is 0 Å². The third-order valence-electron chi connectivity index (χ3n) is 4.45. The average Bonchev–Trinajstić information content (AvgIpc) is 2.93. The van der Waals surface area contributed by atoms with Gasteiger partial charge in [0.05, 0.1) is 24.9 Å². The largest absolute Gasteiger partial charge is 0.377 e. The number of H-pyrrole nitrogens is 1. The highest BCUT2D eigenvalue weighted by molar-refractivity contribution is 5.98. The van der Waals surface area contributed by atoms with Crippen molar-refractivity contribution in [3.05, 3.63) is 52.3 Å². The first-order valence-electron chi connectivity index (χ1n) is 8.00. The number of ketones is 1. The molecule has 1 N–H and O–H groups in total. The summed E-state index contributed by atoms with van der Waals surface area (Å²) in [6.07, 6.45) is 0. The molecule has 6 nitrogen and oxygen atoms in total. The monoisotopic (exact) mass is 327 g/mol. The van der Waals surface area contributed by atoms with Crippen molar-refractivity contribution in [2.75, 3.05) is 19.8 Å². The number of Topliss-reactive ketones (excluding diaryl/α,β-unsaturated/α-hetero) is 1. The topological polar surface area (TPSA) is 75.3 Å². The van der Waals surface area contributed by atoms with Gasteiger partial charge < -0.3 is 9.64 Å². The summed E-state index contributed by atoms with van der Waals surface area (Å²) in [5.41, 5.74) is 4.03. The minimum Gasteiger partial charge on any atom is -0.377 e. The summed E-state index contributed by atoms with van der Waals surface area (Å²) < 4.78 is 5.60. The number of nitrogens with zero attached hydrogens (tertiary/aromatic N) is 2. The molecule has 0 unspecified atom stereocenters. The predicted molar refractivity (Wildman–Crippen MR) is 89.1 cm³/mol. The first kappa shape index (κ1) is 16.4. The van der Waals surface area contributed by atoms with Crippen LogP contribution in [-0.4, -0.2) is 46.5 Å². The van der Waals surface area contributed by atoms with Crippen molar-refractivity contribution in [2.24, 2.45) is 0 Å². The van der Waals surface area contributed by atoms with E-state index in [0.29, 0.717) is 30.9 Å². The maximum absolute atomic E-state index is 13.0. The third kappa shape index (κ3) is 2.97. The predicted octanol–water partition coefficient (Wildman–Crippen LogP) is 2.44. The molecule has 1 aromatic heterocycles. The first-order chi connectivity index (χ1) is 11.5. The molecule has 2 aromatic rings. The summed E-state index contributed by atoms with van der Waals surface area (Å²) in [5.74, 6) is -0.0682. The Balaban J connectivity index is 1.90. The molecule has 126 valence electrons. The number of hydrogen-bond donors (Lipinski definition) is 1. The second kappa shape index (κ2) is 6.57. The smallest absolute Gasteiger partial charge is 0.254 e. The van der Waals surface area contributed by atoms with E-state index < -0.39 is 0 Å². The van der Waals surface area contributed by atoms with Crippen LogP contribution in [0.15, 0.2) is 24.3 Å². The van der Waals surface area contributed by atoms with Crippen molar-refractivity contribution in [2.45, 2.75) is 26.8 Å². The minimum absolute atomic E-state index is 0.0112. The van der Waals surface area contributed by atoms with Crippen LogP contribution in [0, 0.1) is 13.8 Å². The van der Waals surface area contributed by atoms with E-state index in [9.17, 15) is 9.59 Å². The lowest BCUT2D eigenvalue weighted by Crippen LogP contribution is -2.43.